The Morgan fingerprint density at radius 2 is 2.23 bits per heavy atom. The van der Waals surface area contributed by atoms with Crippen LogP contribution in [-0.2, 0) is 4.79 Å². The van der Waals surface area contributed by atoms with E-state index in [9.17, 15) is 9.59 Å². The van der Waals surface area contributed by atoms with Crippen LogP contribution in [0, 0.1) is 0 Å². The van der Waals surface area contributed by atoms with Crippen LogP contribution < -0.4 is 15.4 Å². The number of urea groups is 1. The molecule has 1 atom stereocenters. The molecular formula is C16H23N3O3. The highest BCUT2D eigenvalue weighted by Crippen LogP contribution is 2.32. The van der Waals surface area contributed by atoms with Gasteiger partial charge in [0.05, 0.1) is 13.7 Å². The Kier molecular flexibility index (Phi) is 5.77. The largest absolute Gasteiger partial charge is 0.497 e. The number of nitrogens with zero attached hydrogens (tertiary/aromatic N) is 1. The zero-order chi connectivity index (χ0) is 15.9. The average molecular weight is 305 g/mol. The zero-order valence-corrected chi connectivity index (χ0v) is 13.1. The van der Waals surface area contributed by atoms with Gasteiger partial charge in [0.15, 0.2) is 0 Å². The van der Waals surface area contributed by atoms with E-state index in [2.05, 4.69) is 15.5 Å². The maximum atomic E-state index is 11.9. The third kappa shape index (κ3) is 4.21. The lowest BCUT2D eigenvalue weighted by molar-refractivity contribution is -0.121. The molecule has 0 aliphatic carbocycles. The summed E-state index contributed by atoms with van der Waals surface area (Å²) >= 11 is 0. The quantitative estimate of drug-likeness (QED) is 0.868. The topological polar surface area (TPSA) is 70.7 Å². The Morgan fingerprint density at radius 3 is 2.95 bits per heavy atom. The summed E-state index contributed by atoms with van der Waals surface area (Å²) in [6, 6.07) is 7.67. The van der Waals surface area contributed by atoms with Gasteiger partial charge in [-0.25, -0.2) is 4.79 Å². The normalized spacial score (nSPS) is 18.0. The van der Waals surface area contributed by atoms with E-state index >= 15 is 0 Å². The van der Waals surface area contributed by atoms with Crippen LogP contribution in [0.2, 0.25) is 0 Å². The van der Waals surface area contributed by atoms with E-state index in [1.807, 2.05) is 31.2 Å². The van der Waals surface area contributed by atoms with Crippen molar-refractivity contribution < 1.29 is 14.3 Å². The fraction of sp³-hybridized carbons (Fsp3) is 0.500. The third-order valence-corrected chi connectivity index (χ3v) is 3.78. The average Bonchev–Trinajstić information content (AvgIpc) is 2.95. The second kappa shape index (κ2) is 7.79. The van der Waals surface area contributed by atoms with Crippen molar-refractivity contribution in [3.8, 4) is 5.75 Å². The van der Waals surface area contributed by atoms with Crippen LogP contribution in [0.5, 0.6) is 5.75 Å². The molecule has 0 aromatic heterocycles. The second-order valence-electron chi connectivity index (χ2n) is 5.31. The molecule has 22 heavy (non-hydrogen) atoms. The van der Waals surface area contributed by atoms with E-state index in [1.165, 1.54) is 0 Å². The van der Waals surface area contributed by atoms with Crippen LogP contribution in [0.4, 0.5) is 4.79 Å². The Morgan fingerprint density at radius 1 is 1.41 bits per heavy atom. The molecule has 2 N–H and O–H groups in total. The van der Waals surface area contributed by atoms with Gasteiger partial charge < -0.3 is 10.1 Å². The minimum Gasteiger partial charge on any atom is -0.497 e. The first-order valence-electron chi connectivity index (χ1n) is 7.59. The van der Waals surface area contributed by atoms with Crippen molar-refractivity contribution in [2.75, 3.05) is 26.7 Å². The molecule has 1 aliphatic heterocycles. The molecule has 1 fully saturated rings. The molecule has 0 unspecified atom stereocenters. The number of ether oxygens (including phenoxy) is 1. The van der Waals surface area contributed by atoms with E-state index in [0.29, 0.717) is 6.54 Å². The molecule has 1 aliphatic rings. The first-order valence-corrected chi connectivity index (χ1v) is 7.59. The molecular weight excluding hydrogens is 282 g/mol. The molecule has 1 heterocycles. The van der Waals surface area contributed by atoms with Gasteiger partial charge in [0.2, 0.25) is 5.91 Å². The van der Waals surface area contributed by atoms with Gasteiger partial charge >= 0.3 is 6.03 Å². The Labute approximate surface area is 130 Å². The van der Waals surface area contributed by atoms with Crippen molar-refractivity contribution in [2.24, 2.45) is 0 Å². The number of carbonyl (C=O) groups is 2. The fourth-order valence-electron chi connectivity index (χ4n) is 2.80. The van der Waals surface area contributed by atoms with Crippen molar-refractivity contribution in [3.05, 3.63) is 29.8 Å². The van der Waals surface area contributed by atoms with Crippen molar-refractivity contribution in [3.63, 3.8) is 0 Å². The summed E-state index contributed by atoms with van der Waals surface area (Å²) in [5.41, 5.74) is 1.14. The highest BCUT2D eigenvalue weighted by Gasteiger charge is 2.28. The molecule has 6 heteroatoms. The number of amides is 3. The summed E-state index contributed by atoms with van der Waals surface area (Å²) in [6.07, 6.45) is 2.04. The molecule has 0 spiro atoms. The number of hydrogen-bond acceptors (Lipinski definition) is 4. The Hall–Kier alpha value is -2.08. The van der Waals surface area contributed by atoms with Gasteiger partial charge in [-0.3, -0.25) is 15.0 Å². The Balaban J connectivity index is 1.98. The molecule has 0 bridgehead atoms. The van der Waals surface area contributed by atoms with Crippen molar-refractivity contribution in [1.82, 2.24) is 15.5 Å². The predicted octanol–water partition coefficient (Wildman–Crippen LogP) is 1.68. The lowest BCUT2D eigenvalue weighted by atomic mass is 10.0. The molecule has 1 aromatic rings. The molecule has 1 saturated heterocycles. The smallest absolute Gasteiger partial charge is 0.321 e. The standard InChI is InChI=1S/C16H23N3O3/c1-3-17-16(21)18-15(20)11-19-9-5-8-14(19)12-6-4-7-13(10-12)22-2/h4,6-7,10,14H,3,5,8-9,11H2,1-2H3,(H2,17,18,20,21)/t14-/m0/s1. The highest BCUT2D eigenvalue weighted by molar-refractivity contribution is 5.95. The van der Waals surface area contributed by atoms with Crippen molar-refractivity contribution >= 4 is 11.9 Å². The summed E-state index contributed by atoms with van der Waals surface area (Å²) in [5, 5.41) is 4.90. The number of nitrogens with one attached hydrogen (secondary N) is 2. The first kappa shape index (κ1) is 16.3. The summed E-state index contributed by atoms with van der Waals surface area (Å²) < 4.78 is 5.26. The third-order valence-electron chi connectivity index (χ3n) is 3.78. The van der Waals surface area contributed by atoms with E-state index in [-0.39, 0.29) is 18.5 Å². The van der Waals surface area contributed by atoms with Gasteiger partial charge in [-0.1, -0.05) is 12.1 Å². The van der Waals surface area contributed by atoms with Crippen molar-refractivity contribution in [1.29, 1.82) is 0 Å². The molecule has 3 amide bonds. The first-order chi connectivity index (χ1) is 10.6. The monoisotopic (exact) mass is 305 g/mol. The second-order valence-corrected chi connectivity index (χ2v) is 5.31. The number of imide groups is 1. The highest BCUT2D eigenvalue weighted by atomic mass is 16.5. The van der Waals surface area contributed by atoms with Gasteiger partial charge in [0, 0.05) is 12.6 Å². The van der Waals surface area contributed by atoms with Crippen LogP contribution in [0.3, 0.4) is 0 Å². The SMILES string of the molecule is CCNC(=O)NC(=O)CN1CCC[C@H]1c1cccc(OC)c1. The van der Waals surface area contributed by atoms with Crippen molar-refractivity contribution in [2.45, 2.75) is 25.8 Å². The summed E-state index contributed by atoms with van der Waals surface area (Å²) in [5.74, 6) is 0.539. The molecule has 6 nitrogen and oxygen atoms in total. The number of rotatable bonds is 5. The maximum Gasteiger partial charge on any atom is 0.321 e. The predicted molar refractivity (Wildman–Crippen MR) is 83.8 cm³/mol. The van der Waals surface area contributed by atoms with Gasteiger partial charge in [-0.15, -0.1) is 0 Å². The number of benzene rings is 1. The lowest BCUT2D eigenvalue weighted by Gasteiger charge is -2.24. The van der Waals surface area contributed by atoms with Gasteiger partial charge in [0.1, 0.15) is 5.75 Å². The maximum absolute atomic E-state index is 11.9. The summed E-state index contributed by atoms with van der Waals surface area (Å²) in [4.78, 5) is 25.4. The van der Waals surface area contributed by atoms with Crippen LogP contribution in [-0.4, -0.2) is 43.6 Å². The molecule has 1 aromatic carbocycles. The van der Waals surface area contributed by atoms with Gasteiger partial charge in [0.25, 0.3) is 0 Å². The van der Waals surface area contributed by atoms with E-state index < -0.39 is 6.03 Å². The van der Waals surface area contributed by atoms with Gasteiger partial charge in [-0.2, -0.15) is 0 Å². The van der Waals surface area contributed by atoms with Crippen LogP contribution in [0.25, 0.3) is 0 Å². The molecule has 2 rings (SSSR count). The number of likely N-dealkylation sites (tertiary alicyclic amines) is 1. The van der Waals surface area contributed by atoms with E-state index in [4.69, 9.17) is 4.74 Å². The number of hydrogen-bond donors (Lipinski definition) is 2. The molecule has 0 saturated carbocycles. The number of methoxy groups -OCH3 is 1. The fourth-order valence-corrected chi connectivity index (χ4v) is 2.80. The van der Waals surface area contributed by atoms with Gasteiger partial charge in [-0.05, 0) is 44.0 Å². The lowest BCUT2D eigenvalue weighted by Crippen LogP contribution is -2.44. The minimum atomic E-state index is -0.440. The van der Waals surface area contributed by atoms with Crippen LogP contribution in [0.1, 0.15) is 31.4 Å². The van der Waals surface area contributed by atoms with Crippen LogP contribution in [0.15, 0.2) is 24.3 Å². The zero-order valence-electron chi connectivity index (χ0n) is 13.1. The van der Waals surface area contributed by atoms with E-state index in [1.54, 1.807) is 7.11 Å². The molecule has 0 radical (unpaired) electrons. The summed E-state index contributed by atoms with van der Waals surface area (Å²) in [7, 11) is 1.64. The minimum absolute atomic E-state index is 0.190. The van der Waals surface area contributed by atoms with E-state index in [0.717, 1.165) is 30.7 Å². The van der Waals surface area contributed by atoms with Crippen LogP contribution >= 0.6 is 0 Å². The molecule has 120 valence electrons. The Bertz CT molecular complexity index is 533. The summed E-state index contributed by atoms with van der Waals surface area (Å²) in [6.45, 7) is 3.38. The number of carbonyl (C=O) groups excluding carboxylic acids is 2.